The molecule has 1 aliphatic rings. The van der Waals surface area contributed by atoms with E-state index < -0.39 is 0 Å². The summed E-state index contributed by atoms with van der Waals surface area (Å²) < 4.78 is 11.3. The van der Waals surface area contributed by atoms with Gasteiger partial charge in [0.2, 0.25) is 0 Å². The Hall–Kier alpha value is -0.120. The molecular formula is C14H29NO2. The molecule has 0 radical (unpaired) electrons. The van der Waals surface area contributed by atoms with Crippen molar-refractivity contribution < 1.29 is 9.47 Å². The van der Waals surface area contributed by atoms with E-state index in [4.69, 9.17) is 9.47 Å². The van der Waals surface area contributed by atoms with Gasteiger partial charge >= 0.3 is 0 Å². The van der Waals surface area contributed by atoms with Gasteiger partial charge in [-0.15, -0.1) is 0 Å². The molecule has 0 aromatic rings. The Balaban J connectivity index is 2.20. The van der Waals surface area contributed by atoms with Crippen LogP contribution in [0.2, 0.25) is 0 Å². The van der Waals surface area contributed by atoms with Crippen molar-refractivity contribution in [3.63, 3.8) is 0 Å². The third-order valence-electron chi connectivity index (χ3n) is 3.29. The maximum atomic E-state index is 5.82. The van der Waals surface area contributed by atoms with Crippen LogP contribution in [0.3, 0.4) is 0 Å². The summed E-state index contributed by atoms with van der Waals surface area (Å²) in [6, 6.07) is 0.461. The lowest BCUT2D eigenvalue weighted by Crippen LogP contribution is -2.40. The summed E-state index contributed by atoms with van der Waals surface area (Å²) in [5.41, 5.74) is 0.365. The van der Waals surface area contributed by atoms with Gasteiger partial charge < -0.3 is 14.8 Å². The molecule has 0 saturated carbocycles. The minimum absolute atomic E-state index is 0.365. The first-order valence-corrected chi connectivity index (χ1v) is 6.92. The monoisotopic (exact) mass is 243 g/mol. The molecule has 3 heteroatoms. The van der Waals surface area contributed by atoms with Crippen LogP contribution in [0, 0.1) is 11.3 Å². The largest absolute Gasteiger partial charge is 0.381 e. The molecule has 0 spiro atoms. The van der Waals surface area contributed by atoms with E-state index in [1.807, 2.05) is 0 Å². The Morgan fingerprint density at radius 3 is 2.71 bits per heavy atom. The number of hydrogen-bond acceptors (Lipinski definition) is 3. The molecule has 0 aromatic heterocycles. The summed E-state index contributed by atoms with van der Waals surface area (Å²) in [5, 5.41) is 3.52. The Morgan fingerprint density at radius 2 is 2.18 bits per heavy atom. The Kier molecular flexibility index (Phi) is 6.45. The van der Waals surface area contributed by atoms with Crippen molar-refractivity contribution in [1.82, 2.24) is 5.32 Å². The highest BCUT2D eigenvalue weighted by Crippen LogP contribution is 2.19. The SMILES string of the molecule is CCNC(COCCC(C)(C)C)C1CCOC1. The van der Waals surface area contributed by atoms with Crippen LogP contribution in [0.4, 0.5) is 0 Å². The maximum Gasteiger partial charge on any atom is 0.0623 e. The average Bonchev–Trinajstić information content (AvgIpc) is 2.74. The second-order valence-electron chi connectivity index (χ2n) is 6.17. The first-order valence-electron chi connectivity index (χ1n) is 6.92. The lowest BCUT2D eigenvalue weighted by Gasteiger charge is -2.24. The Labute approximate surface area is 106 Å². The van der Waals surface area contributed by atoms with Crippen LogP contribution in [0.1, 0.15) is 40.5 Å². The van der Waals surface area contributed by atoms with Crippen molar-refractivity contribution in [3.8, 4) is 0 Å². The van der Waals surface area contributed by atoms with Gasteiger partial charge in [-0.1, -0.05) is 27.7 Å². The Morgan fingerprint density at radius 1 is 1.41 bits per heavy atom. The van der Waals surface area contributed by atoms with E-state index in [-0.39, 0.29) is 0 Å². The van der Waals surface area contributed by atoms with Gasteiger partial charge in [0.05, 0.1) is 13.2 Å². The second kappa shape index (κ2) is 7.34. The van der Waals surface area contributed by atoms with Gasteiger partial charge in [0.1, 0.15) is 0 Å². The molecule has 1 fully saturated rings. The number of hydrogen-bond donors (Lipinski definition) is 1. The van der Waals surface area contributed by atoms with E-state index in [1.54, 1.807) is 0 Å². The highest BCUT2D eigenvalue weighted by molar-refractivity contribution is 4.79. The van der Waals surface area contributed by atoms with Crippen molar-refractivity contribution in [1.29, 1.82) is 0 Å². The van der Waals surface area contributed by atoms with Crippen LogP contribution in [0.5, 0.6) is 0 Å². The molecule has 102 valence electrons. The van der Waals surface area contributed by atoms with Gasteiger partial charge in [-0.3, -0.25) is 0 Å². The van der Waals surface area contributed by atoms with Gasteiger partial charge in [0, 0.05) is 25.2 Å². The second-order valence-corrected chi connectivity index (χ2v) is 6.17. The van der Waals surface area contributed by atoms with Crippen molar-refractivity contribution in [2.45, 2.75) is 46.6 Å². The van der Waals surface area contributed by atoms with Gasteiger partial charge in [0.15, 0.2) is 0 Å². The summed E-state index contributed by atoms with van der Waals surface area (Å²) in [5.74, 6) is 0.629. The van der Waals surface area contributed by atoms with Gasteiger partial charge in [-0.25, -0.2) is 0 Å². The number of rotatable bonds is 7. The molecule has 2 unspecified atom stereocenters. The number of nitrogens with one attached hydrogen (secondary N) is 1. The first kappa shape index (κ1) is 14.9. The van der Waals surface area contributed by atoms with Crippen LogP contribution >= 0.6 is 0 Å². The smallest absolute Gasteiger partial charge is 0.0623 e. The highest BCUT2D eigenvalue weighted by Gasteiger charge is 2.25. The standard InChI is InChI=1S/C14H29NO2/c1-5-15-13(12-6-8-16-10-12)11-17-9-7-14(2,3)4/h12-13,15H,5-11H2,1-4H3. The lowest BCUT2D eigenvalue weighted by molar-refractivity contribution is 0.0718. The molecule has 1 N–H and O–H groups in total. The first-order chi connectivity index (χ1) is 8.03. The fraction of sp³-hybridized carbons (Fsp3) is 1.00. The minimum Gasteiger partial charge on any atom is -0.381 e. The third-order valence-corrected chi connectivity index (χ3v) is 3.29. The zero-order chi connectivity index (χ0) is 12.7. The molecule has 0 amide bonds. The van der Waals surface area contributed by atoms with E-state index in [0.29, 0.717) is 17.4 Å². The molecule has 1 rings (SSSR count). The molecule has 1 aliphatic heterocycles. The summed E-state index contributed by atoms with van der Waals surface area (Å²) in [6.45, 7) is 13.4. The van der Waals surface area contributed by atoms with E-state index >= 15 is 0 Å². The molecular weight excluding hydrogens is 214 g/mol. The molecule has 0 bridgehead atoms. The van der Waals surface area contributed by atoms with Crippen LogP contribution in [-0.4, -0.2) is 39.0 Å². The fourth-order valence-electron chi connectivity index (χ4n) is 2.08. The average molecular weight is 243 g/mol. The zero-order valence-corrected chi connectivity index (χ0v) is 11.9. The molecule has 1 saturated heterocycles. The molecule has 17 heavy (non-hydrogen) atoms. The molecule has 1 heterocycles. The van der Waals surface area contributed by atoms with Gasteiger partial charge in [0.25, 0.3) is 0 Å². The summed E-state index contributed by atoms with van der Waals surface area (Å²) in [4.78, 5) is 0. The normalized spacial score (nSPS) is 22.9. The molecule has 0 aliphatic carbocycles. The van der Waals surface area contributed by atoms with E-state index in [9.17, 15) is 0 Å². The van der Waals surface area contributed by atoms with Crippen LogP contribution in [0.15, 0.2) is 0 Å². The third kappa shape index (κ3) is 6.39. The maximum absolute atomic E-state index is 5.82. The van der Waals surface area contributed by atoms with Gasteiger partial charge in [-0.05, 0) is 24.8 Å². The number of ether oxygens (including phenoxy) is 2. The molecule has 3 nitrogen and oxygen atoms in total. The van der Waals surface area contributed by atoms with E-state index in [0.717, 1.165) is 39.4 Å². The van der Waals surface area contributed by atoms with Crippen LogP contribution in [-0.2, 0) is 9.47 Å². The van der Waals surface area contributed by atoms with E-state index in [2.05, 4.69) is 33.0 Å². The van der Waals surface area contributed by atoms with E-state index in [1.165, 1.54) is 6.42 Å². The molecule has 2 atom stereocenters. The van der Waals surface area contributed by atoms with Crippen LogP contribution < -0.4 is 5.32 Å². The van der Waals surface area contributed by atoms with Crippen molar-refractivity contribution >= 4 is 0 Å². The predicted octanol–water partition coefficient (Wildman–Crippen LogP) is 2.45. The topological polar surface area (TPSA) is 30.5 Å². The fourth-order valence-corrected chi connectivity index (χ4v) is 2.08. The summed E-state index contributed by atoms with van der Waals surface area (Å²) in [6.07, 6.45) is 2.29. The Bertz CT molecular complexity index is 195. The minimum atomic E-state index is 0.365. The van der Waals surface area contributed by atoms with Crippen molar-refractivity contribution in [2.75, 3.05) is 33.0 Å². The number of likely N-dealkylation sites (N-methyl/N-ethyl adjacent to an activating group) is 1. The highest BCUT2D eigenvalue weighted by atomic mass is 16.5. The zero-order valence-electron chi connectivity index (χ0n) is 11.9. The molecule has 0 aromatic carbocycles. The van der Waals surface area contributed by atoms with Gasteiger partial charge in [-0.2, -0.15) is 0 Å². The predicted molar refractivity (Wildman–Crippen MR) is 71.3 cm³/mol. The van der Waals surface area contributed by atoms with Crippen molar-refractivity contribution in [3.05, 3.63) is 0 Å². The summed E-state index contributed by atoms with van der Waals surface area (Å²) in [7, 11) is 0. The van der Waals surface area contributed by atoms with Crippen LogP contribution in [0.25, 0.3) is 0 Å². The summed E-state index contributed by atoms with van der Waals surface area (Å²) >= 11 is 0. The lowest BCUT2D eigenvalue weighted by atomic mass is 9.93. The van der Waals surface area contributed by atoms with Crippen molar-refractivity contribution in [2.24, 2.45) is 11.3 Å². The quantitative estimate of drug-likeness (QED) is 0.697.